The summed E-state index contributed by atoms with van der Waals surface area (Å²) in [6.45, 7) is 6.07. The molecule has 18 heavy (non-hydrogen) atoms. The first-order chi connectivity index (χ1) is 8.56. The van der Waals surface area contributed by atoms with E-state index in [2.05, 4.69) is 0 Å². The average molecular weight is 252 g/mol. The second kappa shape index (κ2) is 6.76. The third kappa shape index (κ3) is 3.72. The Balaban J connectivity index is 2.78. The van der Waals surface area contributed by atoms with E-state index >= 15 is 0 Å². The highest BCUT2D eigenvalue weighted by Crippen LogP contribution is 2.28. The molecule has 0 bridgehead atoms. The zero-order valence-electron chi connectivity index (χ0n) is 11.5. The van der Waals surface area contributed by atoms with Crippen LogP contribution >= 0.6 is 0 Å². The summed E-state index contributed by atoms with van der Waals surface area (Å²) in [6, 6.07) is 7.45. The number of benzene rings is 1. The van der Waals surface area contributed by atoms with Crippen LogP contribution in [0.3, 0.4) is 0 Å². The standard InChI is InChI=1S/C15H24O3/c1-4-13(16)12-9-7-8-10-14(12)18-11-15(17,5-2)6-3/h7-10,13,16-17H,4-6,11H2,1-3H3/t13-/m0/s1. The monoisotopic (exact) mass is 252 g/mol. The highest BCUT2D eigenvalue weighted by atomic mass is 16.5. The van der Waals surface area contributed by atoms with Gasteiger partial charge in [0.1, 0.15) is 12.4 Å². The molecule has 1 rings (SSSR count). The van der Waals surface area contributed by atoms with Gasteiger partial charge in [0.2, 0.25) is 0 Å². The van der Waals surface area contributed by atoms with Crippen LogP contribution in [0, 0.1) is 0 Å². The lowest BCUT2D eigenvalue weighted by Gasteiger charge is -2.26. The van der Waals surface area contributed by atoms with E-state index in [4.69, 9.17) is 4.74 Å². The fourth-order valence-electron chi connectivity index (χ4n) is 1.77. The molecule has 1 aromatic carbocycles. The molecule has 0 aliphatic rings. The van der Waals surface area contributed by atoms with Gasteiger partial charge in [0.05, 0.1) is 11.7 Å². The molecule has 0 fully saturated rings. The molecule has 0 heterocycles. The van der Waals surface area contributed by atoms with Crippen molar-refractivity contribution in [3.63, 3.8) is 0 Å². The normalized spacial score (nSPS) is 13.4. The quantitative estimate of drug-likeness (QED) is 0.784. The molecule has 1 atom stereocenters. The summed E-state index contributed by atoms with van der Waals surface area (Å²) >= 11 is 0. The largest absolute Gasteiger partial charge is 0.490 e. The van der Waals surface area contributed by atoms with Crippen LogP contribution in [-0.4, -0.2) is 22.4 Å². The molecule has 0 radical (unpaired) electrons. The molecule has 0 amide bonds. The highest BCUT2D eigenvalue weighted by molar-refractivity contribution is 5.35. The number of ether oxygens (including phenoxy) is 1. The van der Waals surface area contributed by atoms with Crippen LogP contribution in [0.25, 0.3) is 0 Å². The fraction of sp³-hybridized carbons (Fsp3) is 0.600. The predicted octanol–water partition coefficient (Wildman–Crippen LogP) is 3.06. The van der Waals surface area contributed by atoms with Crippen molar-refractivity contribution in [3.8, 4) is 5.75 Å². The lowest BCUT2D eigenvalue weighted by Crippen LogP contribution is -2.34. The molecule has 102 valence electrons. The molecule has 0 aliphatic heterocycles. The minimum Gasteiger partial charge on any atom is -0.490 e. The summed E-state index contributed by atoms with van der Waals surface area (Å²) in [4.78, 5) is 0. The molecule has 1 aromatic rings. The Morgan fingerprint density at radius 1 is 1.17 bits per heavy atom. The number of rotatable bonds is 7. The summed E-state index contributed by atoms with van der Waals surface area (Å²) in [5.74, 6) is 0.659. The van der Waals surface area contributed by atoms with Crippen LogP contribution < -0.4 is 4.74 Å². The lowest BCUT2D eigenvalue weighted by molar-refractivity contribution is -0.0122. The molecule has 3 nitrogen and oxygen atoms in total. The summed E-state index contributed by atoms with van der Waals surface area (Å²) < 4.78 is 5.70. The molecule has 0 saturated carbocycles. The van der Waals surface area contributed by atoms with Gasteiger partial charge in [0, 0.05) is 5.56 Å². The summed E-state index contributed by atoms with van der Waals surface area (Å²) in [7, 11) is 0. The Labute approximate surface area is 109 Å². The van der Waals surface area contributed by atoms with Gasteiger partial charge in [0.15, 0.2) is 0 Å². The van der Waals surface area contributed by atoms with Crippen molar-refractivity contribution in [2.75, 3.05) is 6.61 Å². The summed E-state index contributed by atoms with van der Waals surface area (Å²) in [5, 5.41) is 20.1. The Hall–Kier alpha value is -1.06. The zero-order chi connectivity index (χ0) is 13.6. The fourth-order valence-corrected chi connectivity index (χ4v) is 1.77. The molecule has 0 unspecified atom stereocenters. The van der Waals surface area contributed by atoms with E-state index in [1.165, 1.54) is 0 Å². The van der Waals surface area contributed by atoms with Gasteiger partial charge >= 0.3 is 0 Å². The van der Waals surface area contributed by atoms with E-state index in [1.807, 2.05) is 45.0 Å². The van der Waals surface area contributed by atoms with Crippen LogP contribution in [0.15, 0.2) is 24.3 Å². The Kier molecular flexibility index (Phi) is 5.63. The van der Waals surface area contributed by atoms with Crippen molar-refractivity contribution in [1.29, 1.82) is 0 Å². The SMILES string of the molecule is CC[C@H](O)c1ccccc1OCC(O)(CC)CC. The lowest BCUT2D eigenvalue weighted by atomic mass is 9.99. The maximum atomic E-state index is 10.2. The number of aliphatic hydroxyl groups is 2. The third-order valence-electron chi connectivity index (χ3n) is 3.48. The van der Waals surface area contributed by atoms with E-state index in [-0.39, 0.29) is 6.61 Å². The average Bonchev–Trinajstić information content (AvgIpc) is 2.44. The van der Waals surface area contributed by atoms with E-state index in [0.29, 0.717) is 25.0 Å². The minimum atomic E-state index is -0.787. The van der Waals surface area contributed by atoms with E-state index < -0.39 is 11.7 Å². The maximum absolute atomic E-state index is 10.2. The smallest absolute Gasteiger partial charge is 0.125 e. The maximum Gasteiger partial charge on any atom is 0.125 e. The predicted molar refractivity (Wildman–Crippen MR) is 72.7 cm³/mol. The van der Waals surface area contributed by atoms with E-state index in [0.717, 1.165) is 5.56 Å². The molecule has 0 saturated heterocycles. The molecular formula is C15H24O3. The number of hydrogen-bond acceptors (Lipinski definition) is 3. The minimum absolute atomic E-state index is 0.257. The van der Waals surface area contributed by atoms with Crippen molar-refractivity contribution in [1.82, 2.24) is 0 Å². The van der Waals surface area contributed by atoms with Crippen molar-refractivity contribution < 1.29 is 14.9 Å². The second-order valence-corrected chi connectivity index (χ2v) is 4.68. The molecular weight excluding hydrogens is 228 g/mol. The second-order valence-electron chi connectivity index (χ2n) is 4.68. The Morgan fingerprint density at radius 2 is 1.78 bits per heavy atom. The van der Waals surface area contributed by atoms with Crippen LogP contribution in [0.5, 0.6) is 5.75 Å². The molecule has 0 aliphatic carbocycles. The van der Waals surface area contributed by atoms with Gasteiger partial charge in [-0.15, -0.1) is 0 Å². The molecule has 0 spiro atoms. The van der Waals surface area contributed by atoms with Gasteiger partial charge in [-0.2, -0.15) is 0 Å². The number of para-hydroxylation sites is 1. The van der Waals surface area contributed by atoms with Crippen LogP contribution in [0.2, 0.25) is 0 Å². The first-order valence-electron chi connectivity index (χ1n) is 6.68. The topological polar surface area (TPSA) is 49.7 Å². The number of hydrogen-bond donors (Lipinski definition) is 2. The zero-order valence-corrected chi connectivity index (χ0v) is 11.5. The molecule has 0 aromatic heterocycles. The van der Waals surface area contributed by atoms with Crippen molar-refractivity contribution in [2.45, 2.75) is 51.7 Å². The van der Waals surface area contributed by atoms with Crippen LogP contribution in [0.1, 0.15) is 51.7 Å². The van der Waals surface area contributed by atoms with E-state index in [1.54, 1.807) is 0 Å². The van der Waals surface area contributed by atoms with Crippen molar-refractivity contribution >= 4 is 0 Å². The molecule has 3 heteroatoms. The van der Waals surface area contributed by atoms with Gasteiger partial charge in [0.25, 0.3) is 0 Å². The summed E-state index contributed by atoms with van der Waals surface area (Å²) in [6.07, 6.45) is 1.44. The summed E-state index contributed by atoms with van der Waals surface area (Å²) in [5.41, 5.74) is -0.000796. The van der Waals surface area contributed by atoms with Crippen molar-refractivity contribution in [2.24, 2.45) is 0 Å². The van der Waals surface area contributed by atoms with Gasteiger partial charge in [-0.25, -0.2) is 0 Å². The van der Waals surface area contributed by atoms with Gasteiger partial charge < -0.3 is 14.9 Å². The first-order valence-corrected chi connectivity index (χ1v) is 6.68. The highest BCUT2D eigenvalue weighted by Gasteiger charge is 2.24. The van der Waals surface area contributed by atoms with Gasteiger partial charge in [-0.1, -0.05) is 39.0 Å². The first kappa shape index (κ1) is 15.0. The molecule has 2 N–H and O–H groups in total. The Morgan fingerprint density at radius 3 is 2.33 bits per heavy atom. The van der Waals surface area contributed by atoms with Crippen LogP contribution in [-0.2, 0) is 0 Å². The van der Waals surface area contributed by atoms with Crippen molar-refractivity contribution in [3.05, 3.63) is 29.8 Å². The van der Waals surface area contributed by atoms with Gasteiger partial charge in [-0.05, 0) is 25.3 Å². The Bertz CT molecular complexity index is 359. The third-order valence-corrected chi connectivity index (χ3v) is 3.48. The van der Waals surface area contributed by atoms with Crippen LogP contribution in [0.4, 0.5) is 0 Å². The number of aliphatic hydroxyl groups excluding tert-OH is 1. The van der Waals surface area contributed by atoms with Gasteiger partial charge in [-0.3, -0.25) is 0 Å². The van der Waals surface area contributed by atoms with E-state index in [9.17, 15) is 10.2 Å².